The van der Waals surface area contributed by atoms with E-state index in [4.69, 9.17) is 0 Å². The van der Waals surface area contributed by atoms with Crippen molar-refractivity contribution in [3.8, 4) is 0 Å². The monoisotopic (exact) mass is 235 g/mol. The zero-order valence-electron chi connectivity index (χ0n) is 9.38. The number of nitrogens with zero attached hydrogens (tertiary/aromatic N) is 1. The van der Waals surface area contributed by atoms with Gasteiger partial charge >= 0.3 is 5.97 Å². The van der Waals surface area contributed by atoms with Gasteiger partial charge in [-0.2, -0.15) is 0 Å². The van der Waals surface area contributed by atoms with Crippen molar-refractivity contribution >= 4 is 11.9 Å². The second-order valence-corrected chi connectivity index (χ2v) is 3.92. The van der Waals surface area contributed by atoms with E-state index in [1.165, 1.54) is 4.90 Å². The maximum absolute atomic E-state index is 12.1. The number of amides is 1. The average molecular weight is 235 g/mol. The van der Waals surface area contributed by atoms with E-state index in [-0.39, 0.29) is 12.5 Å². The zero-order chi connectivity index (χ0) is 12.6. The van der Waals surface area contributed by atoms with Gasteiger partial charge in [-0.05, 0) is 13.0 Å². The molecular weight excluding hydrogens is 222 g/mol. The van der Waals surface area contributed by atoms with Crippen molar-refractivity contribution in [2.24, 2.45) is 0 Å². The minimum absolute atomic E-state index is 0.236. The molecular formula is C12H13NO4. The van der Waals surface area contributed by atoms with Crippen molar-refractivity contribution < 1.29 is 19.8 Å². The number of aliphatic hydroxyl groups is 1. The SMILES string of the molecule is CCN1C(=O)c2ccccc2C1(CO)C(=O)O. The van der Waals surface area contributed by atoms with Gasteiger partial charge < -0.3 is 15.1 Å². The molecule has 0 aliphatic carbocycles. The van der Waals surface area contributed by atoms with Crippen molar-refractivity contribution in [3.63, 3.8) is 0 Å². The largest absolute Gasteiger partial charge is 0.479 e. The zero-order valence-corrected chi connectivity index (χ0v) is 9.38. The second-order valence-electron chi connectivity index (χ2n) is 3.92. The number of aliphatic carboxylic acids is 1. The average Bonchev–Trinajstić information content (AvgIpc) is 2.59. The molecule has 1 atom stereocenters. The van der Waals surface area contributed by atoms with Crippen LogP contribution < -0.4 is 0 Å². The molecule has 1 heterocycles. The minimum Gasteiger partial charge on any atom is -0.479 e. The molecule has 1 aromatic carbocycles. The van der Waals surface area contributed by atoms with Crippen LogP contribution in [0.1, 0.15) is 22.8 Å². The van der Waals surface area contributed by atoms with Crippen LogP contribution in [0.15, 0.2) is 24.3 Å². The topological polar surface area (TPSA) is 77.8 Å². The van der Waals surface area contributed by atoms with Gasteiger partial charge in [0.25, 0.3) is 5.91 Å². The predicted octanol–water partition coefficient (Wildman–Crippen LogP) is 0.434. The number of fused-ring (bicyclic) bond motifs is 1. The summed E-state index contributed by atoms with van der Waals surface area (Å²) in [7, 11) is 0. The van der Waals surface area contributed by atoms with Crippen LogP contribution in [0, 0.1) is 0 Å². The quantitative estimate of drug-likeness (QED) is 0.796. The molecule has 0 saturated carbocycles. The number of benzene rings is 1. The molecule has 1 unspecified atom stereocenters. The summed E-state index contributed by atoms with van der Waals surface area (Å²) in [6, 6.07) is 6.51. The van der Waals surface area contributed by atoms with Crippen molar-refractivity contribution in [3.05, 3.63) is 35.4 Å². The Morgan fingerprint density at radius 3 is 2.59 bits per heavy atom. The summed E-state index contributed by atoms with van der Waals surface area (Å²) in [6.07, 6.45) is 0. The smallest absolute Gasteiger partial charge is 0.336 e. The van der Waals surface area contributed by atoms with Crippen LogP contribution in [0.4, 0.5) is 0 Å². The lowest BCUT2D eigenvalue weighted by atomic mass is 9.90. The van der Waals surface area contributed by atoms with Crippen LogP contribution in [0.3, 0.4) is 0 Å². The maximum atomic E-state index is 12.1. The van der Waals surface area contributed by atoms with E-state index in [9.17, 15) is 19.8 Å². The first kappa shape index (κ1) is 11.6. The molecule has 0 bridgehead atoms. The lowest BCUT2D eigenvalue weighted by Crippen LogP contribution is -2.52. The molecule has 90 valence electrons. The van der Waals surface area contributed by atoms with Gasteiger partial charge in [-0.1, -0.05) is 18.2 Å². The summed E-state index contributed by atoms with van der Waals surface area (Å²) >= 11 is 0. The lowest BCUT2D eigenvalue weighted by Gasteiger charge is -2.32. The number of likely N-dealkylation sites (N-methyl/N-ethyl adjacent to an activating group) is 1. The van der Waals surface area contributed by atoms with E-state index in [2.05, 4.69) is 0 Å². The molecule has 17 heavy (non-hydrogen) atoms. The molecule has 1 amide bonds. The Kier molecular flexibility index (Phi) is 2.63. The molecule has 1 aliphatic rings. The highest BCUT2D eigenvalue weighted by atomic mass is 16.4. The minimum atomic E-state index is -1.64. The van der Waals surface area contributed by atoms with Crippen molar-refractivity contribution in [2.75, 3.05) is 13.2 Å². The third-order valence-corrected chi connectivity index (χ3v) is 3.21. The summed E-state index contributed by atoms with van der Waals surface area (Å²) in [5, 5.41) is 18.9. The molecule has 0 radical (unpaired) electrons. The Hall–Kier alpha value is -1.88. The van der Waals surface area contributed by atoms with Crippen molar-refractivity contribution in [1.29, 1.82) is 0 Å². The number of hydrogen-bond acceptors (Lipinski definition) is 3. The Balaban J connectivity index is 2.72. The normalized spacial score (nSPS) is 22.7. The highest BCUT2D eigenvalue weighted by Gasteiger charge is 2.54. The molecule has 1 aromatic rings. The van der Waals surface area contributed by atoms with Crippen LogP contribution >= 0.6 is 0 Å². The molecule has 2 N–H and O–H groups in total. The molecule has 0 fully saturated rings. The molecule has 1 aliphatic heterocycles. The van der Waals surface area contributed by atoms with Crippen LogP contribution in [-0.4, -0.2) is 40.1 Å². The van der Waals surface area contributed by atoms with Crippen molar-refractivity contribution in [1.82, 2.24) is 4.90 Å². The number of carboxylic acids is 1. The van der Waals surface area contributed by atoms with Gasteiger partial charge in [-0.3, -0.25) is 4.79 Å². The Bertz CT molecular complexity index is 485. The van der Waals surface area contributed by atoms with Gasteiger partial charge in [-0.15, -0.1) is 0 Å². The first-order chi connectivity index (χ1) is 8.09. The van der Waals surface area contributed by atoms with Gasteiger partial charge in [0.2, 0.25) is 0 Å². The molecule has 0 saturated heterocycles. The van der Waals surface area contributed by atoms with Gasteiger partial charge in [0.15, 0.2) is 5.54 Å². The van der Waals surface area contributed by atoms with Gasteiger partial charge in [0, 0.05) is 17.7 Å². The van der Waals surface area contributed by atoms with Crippen LogP contribution in [0.25, 0.3) is 0 Å². The first-order valence-corrected chi connectivity index (χ1v) is 5.35. The van der Waals surface area contributed by atoms with E-state index in [1.807, 2.05) is 0 Å². The maximum Gasteiger partial charge on any atom is 0.336 e. The Morgan fingerprint density at radius 2 is 2.06 bits per heavy atom. The third-order valence-electron chi connectivity index (χ3n) is 3.21. The Morgan fingerprint density at radius 1 is 1.41 bits per heavy atom. The third kappa shape index (κ3) is 1.29. The standard InChI is InChI=1S/C12H13NO4/c1-2-13-10(15)8-5-3-4-6-9(8)12(13,7-14)11(16)17/h3-6,14H,2,7H2,1H3,(H,16,17). The van der Waals surface area contributed by atoms with E-state index in [1.54, 1.807) is 31.2 Å². The van der Waals surface area contributed by atoms with Gasteiger partial charge in [0.05, 0.1) is 6.61 Å². The molecule has 0 spiro atoms. The molecule has 5 heteroatoms. The van der Waals surface area contributed by atoms with Crippen LogP contribution in [0.5, 0.6) is 0 Å². The fraction of sp³-hybridized carbons (Fsp3) is 0.333. The molecule has 2 rings (SSSR count). The van der Waals surface area contributed by atoms with E-state index in [0.717, 1.165) is 0 Å². The number of carbonyl (C=O) groups is 2. The van der Waals surface area contributed by atoms with Crippen LogP contribution in [-0.2, 0) is 10.3 Å². The summed E-state index contributed by atoms with van der Waals surface area (Å²) in [5.74, 6) is -1.56. The Labute approximate surface area is 98.3 Å². The van der Waals surface area contributed by atoms with E-state index < -0.39 is 18.1 Å². The highest BCUT2D eigenvalue weighted by molar-refractivity contribution is 6.05. The van der Waals surface area contributed by atoms with Crippen LogP contribution in [0.2, 0.25) is 0 Å². The molecule has 5 nitrogen and oxygen atoms in total. The fourth-order valence-corrected chi connectivity index (χ4v) is 2.38. The van der Waals surface area contributed by atoms with Gasteiger partial charge in [-0.25, -0.2) is 4.79 Å². The predicted molar refractivity (Wildman–Crippen MR) is 59.6 cm³/mol. The summed E-state index contributed by atoms with van der Waals surface area (Å²) < 4.78 is 0. The number of hydrogen-bond donors (Lipinski definition) is 2. The fourth-order valence-electron chi connectivity index (χ4n) is 2.38. The number of carboxylic acid groups (broad SMARTS) is 1. The number of aliphatic hydroxyl groups excluding tert-OH is 1. The lowest BCUT2D eigenvalue weighted by molar-refractivity contribution is -0.152. The van der Waals surface area contributed by atoms with E-state index >= 15 is 0 Å². The van der Waals surface area contributed by atoms with Gasteiger partial charge in [0.1, 0.15) is 0 Å². The summed E-state index contributed by atoms with van der Waals surface area (Å²) in [5.41, 5.74) is -0.921. The first-order valence-electron chi connectivity index (χ1n) is 5.35. The number of carbonyl (C=O) groups excluding carboxylic acids is 1. The van der Waals surface area contributed by atoms with Crippen molar-refractivity contribution in [2.45, 2.75) is 12.5 Å². The summed E-state index contributed by atoms with van der Waals surface area (Å²) in [6.45, 7) is 1.30. The van der Waals surface area contributed by atoms with E-state index in [0.29, 0.717) is 11.1 Å². The summed E-state index contributed by atoms with van der Waals surface area (Å²) in [4.78, 5) is 24.7. The molecule has 0 aromatic heterocycles. The second kappa shape index (κ2) is 3.85. The highest BCUT2D eigenvalue weighted by Crippen LogP contribution is 2.38. The number of rotatable bonds is 3.